The fraction of sp³-hybridized carbons (Fsp3) is 0.545. The molecule has 1 aliphatic carbocycles. The average Bonchev–Trinajstić information content (AvgIpc) is 3.52. The number of anilines is 1. The number of aromatic nitrogens is 1. The molecule has 2 fully saturated rings. The second-order valence-corrected chi connectivity index (χ2v) is 11.5. The van der Waals surface area contributed by atoms with Crippen molar-refractivity contribution >= 4 is 24.4 Å². The van der Waals surface area contributed by atoms with Crippen molar-refractivity contribution in [3.05, 3.63) is 66.8 Å². The van der Waals surface area contributed by atoms with Crippen molar-refractivity contribution in [3.8, 4) is 0 Å². The number of hydrogen-bond acceptors (Lipinski definition) is 7. The zero-order chi connectivity index (χ0) is 31.1. The number of methoxy groups -OCH3 is 1. The SMILES string of the molecule is C=C(C)/C=C\C.C=C(N)C1(CN(C)CCOC)CC1.C=Nc1ccc(N2CCCC2C(C)(C)/C=C/F)nc1C=NC. The normalized spacial score (nSPS) is 17.9. The van der Waals surface area contributed by atoms with Gasteiger partial charge >= 0.3 is 0 Å². The van der Waals surface area contributed by atoms with E-state index in [-0.39, 0.29) is 16.9 Å². The Morgan fingerprint density at radius 3 is 2.49 bits per heavy atom. The molecule has 2 heterocycles. The minimum atomic E-state index is -0.249. The standard InChI is InChI=1S/C17H23FN4.C10H20N2O.C6H10/c1-17(2,9-10-18)15-6-5-11-22(15)16-8-7-13(20-4)14(21-16)12-19-3;1-9(11)10(4-5-10)8-12(2)6-7-13-3;1-4-5-6(2)3/h7-10,12,15H,4-6,11H2,1-3H3;1,4-8,11H2,2-3H3;4-5H,2H2,1,3H3/b10-9+,19-12?;;5-4-. The highest BCUT2D eigenvalue weighted by atomic mass is 19.1. The van der Waals surface area contributed by atoms with Gasteiger partial charge in [-0.05, 0) is 71.5 Å². The minimum Gasteiger partial charge on any atom is -0.402 e. The van der Waals surface area contributed by atoms with Crippen LogP contribution in [0.15, 0.2) is 71.1 Å². The fourth-order valence-corrected chi connectivity index (χ4v) is 4.91. The van der Waals surface area contributed by atoms with Gasteiger partial charge in [-0.15, -0.1) is 0 Å². The van der Waals surface area contributed by atoms with Crippen LogP contribution in [-0.4, -0.2) is 76.3 Å². The summed E-state index contributed by atoms with van der Waals surface area (Å²) in [5.74, 6) is 0.880. The van der Waals surface area contributed by atoms with E-state index in [1.807, 2.05) is 38.1 Å². The van der Waals surface area contributed by atoms with E-state index in [0.29, 0.717) is 17.7 Å². The van der Waals surface area contributed by atoms with Crippen molar-refractivity contribution < 1.29 is 9.13 Å². The lowest BCUT2D eigenvalue weighted by Crippen LogP contribution is -2.40. The highest BCUT2D eigenvalue weighted by Gasteiger charge is 2.44. The monoisotopic (exact) mass is 568 g/mol. The van der Waals surface area contributed by atoms with Gasteiger partial charge in [0.15, 0.2) is 0 Å². The number of allylic oxidation sites excluding steroid dienone is 3. The molecule has 0 aromatic carbocycles. The Bertz CT molecular complexity index is 1070. The van der Waals surface area contributed by atoms with Gasteiger partial charge in [0.05, 0.1) is 18.6 Å². The summed E-state index contributed by atoms with van der Waals surface area (Å²) in [4.78, 5) is 17.2. The Kier molecular flexibility index (Phi) is 15.5. The summed E-state index contributed by atoms with van der Waals surface area (Å²) in [5, 5.41) is 0. The van der Waals surface area contributed by atoms with Crippen LogP contribution in [0.4, 0.5) is 15.9 Å². The molecule has 1 saturated heterocycles. The molecular formula is C33H53FN6O. The Morgan fingerprint density at radius 1 is 1.34 bits per heavy atom. The van der Waals surface area contributed by atoms with Crippen molar-refractivity contribution in [2.75, 3.05) is 52.3 Å². The first-order chi connectivity index (χ1) is 19.4. The lowest BCUT2D eigenvalue weighted by Gasteiger charge is -2.36. The van der Waals surface area contributed by atoms with Crippen LogP contribution in [0.1, 0.15) is 59.1 Å². The van der Waals surface area contributed by atoms with Crippen LogP contribution in [-0.2, 0) is 4.74 Å². The molecule has 7 nitrogen and oxygen atoms in total. The van der Waals surface area contributed by atoms with Crippen molar-refractivity contribution in [2.24, 2.45) is 26.5 Å². The summed E-state index contributed by atoms with van der Waals surface area (Å²) in [6.45, 7) is 22.8. The molecule has 3 rings (SSSR count). The third-order valence-electron chi connectivity index (χ3n) is 7.44. The zero-order valence-corrected chi connectivity index (χ0v) is 26.5. The molecule has 41 heavy (non-hydrogen) atoms. The van der Waals surface area contributed by atoms with E-state index in [1.54, 1.807) is 26.4 Å². The summed E-state index contributed by atoms with van der Waals surface area (Å²) in [6.07, 6.45) is 12.4. The summed E-state index contributed by atoms with van der Waals surface area (Å²) >= 11 is 0. The molecule has 1 aliphatic heterocycles. The highest BCUT2D eigenvalue weighted by molar-refractivity contribution is 5.85. The quantitative estimate of drug-likeness (QED) is 0.219. The maximum absolute atomic E-state index is 12.7. The lowest BCUT2D eigenvalue weighted by molar-refractivity contribution is 0.153. The van der Waals surface area contributed by atoms with Crippen molar-refractivity contribution in [1.82, 2.24) is 9.88 Å². The predicted molar refractivity (Wildman–Crippen MR) is 175 cm³/mol. The summed E-state index contributed by atoms with van der Waals surface area (Å²) in [5.41, 5.74) is 9.11. The van der Waals surface area contributed by atoms with Crippen molar-refractivity contribution in [2.45, 2.75) is 59.4 Å². The van der Waals surface area contributed by atoms with E-state index in [4.69, 9.17) is 10.5 Å². The largest absolute Gasteiger partial charge is 0.402 e. The number of nitrogens with zero attached hydrogens (tertiary/aromatic N) is 5. The molecule has 228 valence electrons. The number of likely N-dealkylation sites (N-methyl/N-ethyl adjacent to an activating group) is 1. The maximum Gasteiger partial charge on any atom is 0.129 e. The molecule has 1 saturated carbocycles. The molecule has 2 N–H and O–H groups in total. The number of rotatable bonds is 12. The van der Waals surface area contributed by atoms with Crippen LogP contribution in [0, 0.1) is 10.8 Å². The zero-order valence-electron chi connectivity index (χ0n) is 26.5. The van der Waals surface area contributed by atoms with E-state index >= 15 is 0 Å². The average molecular weight is 569 g/mol. The Labute approximate surface area is 248 Å². The predicted octanol–water partition coefficient (Wildman–Crippen LogP) is 6.90. The lowest BCUT2D eigenvalue weighted by atomic mass is 9.83. The number of halogens is 1. The molecule has 1 unspecified atom stereocenters. The molecule has 0 amide bonds. The van der Waals surface area contributed by atoms with E-state index in [9.17, 15) is 4.39 Å². The summed E-state index contributed by atoms with van der Waals surface area (Å²) in [6, 6.07) is 4.07. The molecule has 8 heteroatoms. The number of pyridine rings is 1. The van der Waals surface area contributed by atoms with Gasteiger partial charge in [0.25, 0.3) is 0 Å². The fourth-order valence-electron chi connectivity index (χ4n) is 4.91. The van der Waals surface area contributed by atoms with Crippen LogP contribution in [0.25, 0.3) is 0 Å². The van der Waals surface area contributed by atoms with Gasteiger partial charge in [0.2, 0.25) is 0 Å². The van der Waals surface area contributed by atoms with Gasteiger partial charge in [-0.1, -0.05) is 44.7 Å². The van der Waals surface area contributed by atoms with E-state index in [2.05, 4.69) is 65.5 Å². The highest BCUT2D eigenvalue weighted by Crippen LogP contribution is 2.49. The van der Waals surface area contributed by atoms with Gasteiger partial charge in [-0.3, -0.25) is 9.98 Å². The molecule has 2 aliphatic rings. The van der Waals surface area contributed by atoms with Gasteiger partial charge < -0.3 is 20.3 Å². The van der Waals surface area contributed by atoms with Crippen LogP contribution in [0.3, 0.4) is 0 Å². The number of ether oxygens (including phenoxy) is 1. The molecule has 1 aromatic heterocycles. The first kappa shape index (κ1) is 35.9. The molecular weight excluding hydrogens is 515 g/mol. The Morgan fingerprint density at radius 2 is 2.02 bits per heavy atom. The van der Waals surface area contributed by atoms with Crippen LogP contribution in [0.2, 0.25) is 0 Å². The van der Waals surface area contributed by atoms with Crippen molar-refractivity contribution in [3.63, 3.8) is 0 Å². The Hall–Kier alpha value is -3.10. The molecule has 1 aromatic rings. The number of hydrogen-bond donors (Lipinski definition) is 1. The van der Waals surface area contributed by atoms with E-state index in [0.717, 1.165) is 56.2 Å². The van der Waals surface area contributed by atoms with Gasteiger partial charge in [0, 0.05) is 62.6 Å². The molecule has 1 atom stereocenters. The smallest absolute Gasteiger partial charge is 0.129 e. The van der Waals surface area contributed by atoms with E-state index < -0.39 is 0 Å². The second-order valence-electron chi connectivity index (χ2n) is 11.5. The van der Waals surface area contributed by atoms with Crippen LogP contribution < -0.4 is 10.6 Å². The van der Waals surface area contributed by atoms with Gasteiger partial charge in [-0.25, -0.2) is 9.37 Å². The first-order valence-corrected chi connectivity index (χ1v) is 14.3. The summed E-state index contributed by atoms with van der Waals surface area (Å²) in [7, 11) is 5.53. The number of nitrogens with two attached hydrogens (primary N) is 1. The third kappa shape index (κ3) is 11.7. The number of aliphatic imine (C=N–C) groups is 2. The van der Waals surface area contributed by atoms with Crippen LogP contribution >= 0.6 is 0 Å². The Balaban J connectivity index is 0.000000373. The van der Waals surface area contributed by atoms with Crippen LogP contribution in [0.5, 0.6) is 0 Å². The van der Waals surface area contributed by atoms with E-state index in [1.165, 1.54) is 12.8 Å². The summed E-state index contributed by atoms with van der Waals surface area (Å²) < 4.78 is 17.7. The molecule has 0 radical (unpaired) electrons. The minimum absolute atomic E-state index is 0.223. The maximum atomic E-state index is 12.7. The molecule has 0 spiro atoms. The second kappa shape index (κ2) is 17.7. The molecule has 0 bridgehead atoms. The van der Waals surface area contributed by atoms with Gasteiger partial charge in [-0.2, -0.15) is 0 Å². The topological polar surface area (TPSA) is 79.3 Å². The first-order valence-electron chi connectivity index (χ1n) is 14.3. The van der Waals surface area contributed by atoms with Crippen molar-refractivity contribution in [1.29, 1.82) is 0 Å². The third-order valence-corrected chi connectivity index (χ3v) is 7.44. The van der Waals surface area contributed by atoms with Gasteiger partial charge in [0.1, 0.15) is 11.5 Å².